The van der Waals surface area contributed by atoms with E-state index in [4.69, 9.17) is 0 Å². The number of nitrogens with zero attached hydrogens (tertiary/aromatic N) is 5. The number of aromatic nitrogens is 4. The van der Waals surface area contributed by atoms with E-state index in [9.17, 15) is 19.7 Å². The van der Waals surface area contributed by atoms with E-state index < -0.39 is 16.7 Å². The molecule has 37 heavy (non-hydrogen) atoms. The highest BCUT2D eigenvalue weighted by Gasteiger charge is 2.53. The fourth-order valence-corrected chi connectivity index (χ4v) is 6.98. The summed E-state index contributed by atoms with van der Waals surface area (Å²) in [5, 5.41) is 26.2. The summed E-state index contributed by atoms with van der Waals surface area (Å²) in [6.07, 6.45) is 9.51. The van der Waals surface area contributed by atoms with Gasteiger partial charge in [0.2, 0.25) is 5.69 Å². The van der Waals surface area contributed by atoms with E-state index >= 15 is 0 Å². The van der Waals surface area contributed by atoms with Gasteiger partial charge >= 0.3 is 5.69 Å². The topological polar surface area (TPSA) is 137 Å². The third-order valence-electron chi connectivity index (χ3n) is 8.18. The van der Waals surface area contributed by atoms with Gasteiger partial charge in [-0.3, -0.25) is 29.1 Å². The van der Waals surface area contributed by atoms with Gasteiger partial charge in [0, 0.05) is 18.4 Å². The van der Waals surface area contributed by atoms with Gasteiger partial charge in [0.05, 0.1) is 16.1 Å². The highest BCUT2D eigenvalue weighted by molar-refractivity contribution is 6.11. The molecule has 0 aliphatic heterocycles. The van der Waals surface area contributed by atoms with Gasteiger partial charge in [0.25, 0.3) is 11.8 Å². The molecule has 0 radical (unpaired) electrons. The van der Waals surface area contributed by atoms with Gasteiger partial charge in [-0.1, -0.05) is 18.2 Å². The number of hydrogen-bond donors (Lipinski definition) is 2. The van der Waals surface area contributed by atoms with Crippen LogP contribution in [0.5, 0.6) is 0 Å². The Kier molecular flexibility index (Phi) is 5.58. The number of nitrogens with one attached hydrogen (secondary N) is 2. The van der Waals surface area contributed by atoms with Crippen LogP contribution >= 0.6 is 0 Å². The van der Waals surface area contributed by atoms with Gasteiger partial charge < -0.3 is 10.6 Å². The number of rotatable bonds is 7. The van der Waals surface area contributed by atoms with Crippen molar-refractivity contribution in [2.45, 2.75) is 57.5 Å². The van der Waals surface area contributed by atoms with Gasteiger partial charge in [-0.2, -0.15) is 10.2 Å². The largest absolute Gasteiger partial charge is 0.321 e. The van der Waals surface area contributed by atoms with E-state index in [0.29, 0.717) is 30.0 Å². The third-order valence-corrected chi connectivity index (χ3v) is 8.18. The van der Waals surface area contributed by atoms with Gasteiger partial charge in [-0.15, -0.1) is 0 Å². The van der Waals surface area contributed by atoms with E-state index in [2.05, 4.69) is 20.8 Å². The van der Waals surface area contributed by atoms with Crippen molar-refractivity contribution >= 4 is 28.9 Å². The molecule has 1 aromatic carbocycles. The molecule has 3 aromatic rings. The number of amides is 2. The summed E-state index contributed by atoms with van der Waals surface area (Å²) in [6.45, 7) is 2.33. The molecule has 0 saturated heterocycles. The number of hydrogen-bond acceptors (Lipinski definition) is 6. The second kappa shape index (κ2) is 8.82. The lowest BCUT2D eigenvalue weighted by Crippen LogP contribution is -2.52. The summed E-state index contributed by atoms with van der Waals surface area (Å²) < 4.78 is 3.24. The summed E-state index contributed by atoms with van der Waals surface area (Å²) in [5.74, 6) is 0.633. The predicted octanol–water partition coefficient (Wildman–Crippen LogP) is 4.44. The van der Waals surface area contributed by atoms with Crippen molar-refractivity contribution in [1.82, 2.24) is 19.6 Å². The molecule has 4 saturated carbocycles. The first kappa shape index (κ1) is 23.4. The normalized spacial score (nSPS) is 25.7. The molecular weight excluding hydrogens is 474 g/mol. The van der Waals surface area contributed by atoms with E-state index in [0.717, 1.165) is 19.3 Å². The van der Waals surface area contributed by atoms with Crippen molar-refractivity contribution in [3.8, 4) is 0 Å². The zero-order valence-electron chi connectivity index (χ0n) is 20.6. The van der Waals surface area contributed by atoms with Crippen molar-refractivity contribution in [2.24, 2.45) is 17.8 Å². The number of benzene rings is 1. The minimum Gasteiger partial charge on any atom is -0.321 e. The molecule has 0 spiro atoms. The molecule has 7 rings (SSSR count). The smallest absolute Gasteiger partial charge is 0.320 e. The van der Waals surface area contributed by atoms with Gasteiger partial charge in [0.15, 0.2) is 5.69 Å². The van der Waals surface area contributed by atoms with Crippen molar-refractivity contribution in [3.05, 3.63) is 64.2 Å². The molecule has 2 N–H and O–H groups in total. The van der Waals surface area contributed by atoms with Crippen LogP contribution in [0.2, 0.25) is 0 Å². The lowest BCUT2D eigenvalue weighted by molar-refractivity contribution is -0.385. The van der Waals surface area contributed by atoms with E-state index in [-0.39, 0.29) is 28.3 Å². The quantitative estimate of drug-likeness (QED) is 0.361. The maximum atomic E-state index is 13.4. The number of anilines is 2. The van der Waals surface area contributed by atoms with Crippen LogP contribution in [0.15, 0.2) is 42.7 Å². The van der Waals surface area contributed by atoms with E-state index in [1.54, 1.807) is 35.1 Å². The Morgan fingerprint density at radius 3 is 2.19 bits per heavy atom. The highest BCUT2D eigenvalue weighted by Crippen LogP contribution is 2.58. The van der Waals surface area contributed by atoms with Crippen LogP contribution in [-0.2, 0) is 12.1 Å². The molecular formula is C26H29N7O4. The number of carbonyl (C=O) groups is 2. The second-order valence-corrected chi connectivity index (χ2v) is 10.7. The van der Waals surface area contributed by atoms with Gasteiger partial charge in [-0.05, 0) is 75.3 Å². The number of para-hydroxylation sites is 1. The number of aryl methyl sites for hydroxylation is 1. The van der Waals surface area contributed by atoms with Crippen LogP contribution in [0, 0.1) is 27.9 Å². The first-order valence-electron chi connectivity index (χ1n) is 12.8. The molecule has 11 heteroatoms. The molecule has 4 fully saturated rings. The maximum absolute atomic E-state index is 13.4. The standard InChI is InChI=1S/C26H29N7O4/c1-2-31-14-20(22(29-31)24(34)27-19-6-4-3-5-7-19)28-25(35)23-21(33(36)37)15-32(30-23)26-11-16-8-17(12-26)10-18(9-16)13-26/h3-7,14-18H,2,8-13H2,1H3,(H,27,34)(H,28,35). The zero-order chi connectivity index (χ0) is 25.7. The Hall–Kier alpha value is -4.02. The molecule has 2 heterocycles. The number of nitro groups is 1. The van der Waals surface area contributed by atoms with E-state index in [1.165, 1.54) is 30.1 Å². The Balaban J connectivity index is 1.29. The molecule has 192 valence electrons. The molecule has 4 aliphatic carbocycles. The second-order valence-electron chi connectivity index (χ2n) is 10.7. The van der Waals surface area contributed by atoms with Crippen LogP contribution < -0.4 is 10.6 Å². The molecule has 4 aliphatic rings. The van der Waals surface area contributed by atoms with Crippen LogP contribution in [0.1, 0.15) is 66.4 Å². The summed E-state index contributed by atoms with van der Waals surface area (Å²) in [5.41, 5.74) is -0.0703. The van der Waals surface area contributed by atoms with Crippen molar-refractivity contribution in [1.29, 1.82) is 0 Å². The van der Waals surface area contributed by atoms with Gasteiger partial charge in [-0.25, -0.2) is 0 Å². The number of carbonyl (C=O) groups excluding carboxylic acids is 2. The summed E-state index contributed by atoms with van der Waals surface area (Å²) in [4.78, 5) is 37.7. The summed E-state index contributed by atoms with van der Waals surface area (Å²) in [7, 11) is 0. The average molecular weight is 504 g/mol. The van der Waals surface area contributed by atoms with Crippen molar-refractivity contribution < 1.29 is 14.5 Å². The maximum Gasteiger partial charge on any atom is 0.320 e. The lowest BCUT2D eigenvalue weighted by atomic mass is 9.53. The Morgan fingerprint density at radius 1 is 0.973 bits per heavy atom. The Labute approximate surface area is 213 Å². The molecule has 11 nitrogen and oxygen atoms in total. The van der Waals surface area contributed by atoms with E-state index in [1.807, 2.05) is 13.0 Å². The zero-order valence-corrected chi connectivity index (χ0v) is 20.6. The van der Waals surface area contributed by atoms with Crippen LogP contribution in [0.4, 0.5) is 17.1 Å². The molecule has 0 unspecified atom stereocenters. The van der Waals surface area contributed by atoms with Crippen LogP contribution in [0.3, 0.4) is 0 Å². The SMILES string of the molecule is CCn1cc(NC(=O)c2nn(C34CC5CC(CC(C5)C3)C4)cc2[N+](=O)[O-])c(C(=O)Nc2ccccc2)n1. The monoisotopic (exact) mass is 503 g/mol. The summed E-state index contributed by atoms with van der Waals surface area (Å²) >= 11 is 0. The highest BCUT2D eigenvalue weighted by atomic mass is 16.6. The average Bonchev–Trinajstić information content (AvgIpc) is 3.49. The Bertz CT molecular complexity index is 1340. The first-order valence-corrected chi connectivity index (χ1v) is 12.8. The molecule has 2 amide bonds. The fourth-order valence-electron chi connectivity index (χ4n) is 6.98. The molecule has 4 bridgehead atoms. The van der Waals surface area contributed by atoms with Gasteiger partial charge in [0.1, 0.15) is 6.20 Å². The van der Waals surface area contributed by atoms with Crippen molar-refractivity contribution in [2.75, 3.05) is 10.6 Å². The lowest BCUT2D eigenvalue weighted by Gasteiger charge is -2.56. The third kappa shape index (κ3) is 4.17. The Morgan fingerprint density at radius 2 is 1.59 bits per heavy atom. The predicted molar refractivity (Wildman–Crippen MR) is 135 cm³/mol. The summed E-state index contributed by atoms with van der Waals surface area (Å²) in [6, 6.07) is 8.91. The minimum absolute atomic E-state index is 0.0159. The first-order chi connectivity index (χ1) is 17.8. The molecule has 0 atom stereocenters. The minimum atomic E-state index is -0.736. The fraction of sp³-hybridized carbons (Fsp3) is 0.462. The van der Waals surface area contributed by atoms with Crippen molar-refractivity contribution in [3.63, 3.8) is 0 Å². The van der Waals surface area contributed by atoms with Crippen LogP contribution in [0.25, 0.3) is 0 Å². The van der Waals surface area contributed by atoms with Crippen LogP contribution in [-0.4, -0.2) is 36.3 Å². The molecule has 2 aromatic heterocycles.